The van der Waals surface area contributed by atoms with Crippen molar-refractivity contribution in [3.63, 3.8) is 0 Å². The molecule has 5 heteroatoms. The van der Waals surface area contributed by atoms with E-state index in [0.29, 0.717) is 4.47 Å². The van der Waals surface area contributed by atoms with Gasteiger partial charge >= 0.3 is 6.03 Å². The second kappa shape index (κ2) is 4.82. The second-order valence-electron chi connectivity index (χ2n) is 4.45. The number of benzene rings is 1. The van der Waals surface area contributed by atoms with Gasteiger partial charge in [0.1, 0.15) is 5.82 Å². The Morgan fingerprint density at radius 3 is 2.56 bits per heavy atom. The Hall–Kier alpha value is -1.10. The molecule has 2 N–H and O–H groups in total. The third-order valence-corrected chi connectivity index (χ3v) is 2.16. The number of nitrogens with one attached hydrogen (secondary N) is 2. The van der Waals surface area contributed by atoms with Crippen LogP contribution >= 0.6 is 15.9 Å². The SMILES string of the molecule is CC(C)(C)NC(=O)Nc1cc(Br)ccc1F. The molecule has 0 atom stereocenters. The smallest absolute Gasteiger partial charge is 0.319 e. The molecule has 0 heterocycles. The minimum Gasteiger partial charge on any atom is -0.333 e. The van der Waals surface area contributed by atoms with Crippen molar-refractivity contribution in [1.29, 1.82) is 0 Å². The monoisotopic (exact) mass is 288 g/mol. The Kier molecular flexibility index (Phi) is 3.91. The van der Waals surface area contributed by atoms with E-state index in [1.54, 1.807) is 6.07 Å². The van der Waals surface area contributed by atoms with E-state index in [-0.39, 0.29) is 11.2 Å². The Bertz CT molecular complexity index is 401. The summed E-state index contributed by atoms with van der Waals surface area (Å²) in [6.07, 6.45) is 0. The molecule has 0 spiro atoms. The van der Waals surface area contributed by atoms with Crippen molar-refractivity contribution < 1.29 is 9.18 Å². The van der Waals surface area contributed by atoms with Gasteiger partial charge in [-0.05, 0) is 39.0 Å². The first-order valence-electron chi connectivity index (χ1n) is 4.82. The highest BCUT2D eigenvalue weighted by Gasteiger charge is 2.14. The molecular formula is C11H14BrFN2O. The Morgan fingerprint density at radius 1 is 1.38 bits per heavy atom. The minimum atomic E-state index is -0.466. The number of carbonyl (C=O) groups is 1. The highest BCUT2D eigenvalue weighted by molar-refractivity contribution is 9.10. The number of carbonyl (C=O) groups excluding carboxylic acids is 1. The first kappa shape index (κ1) is 13.0. The summed E-state index contributed by atoms with van der Waals surface area (Å²) < 4.78 is 14.0. The van der Waals surface area contributed by atoms with E-state index in [1.165, 1.54) is 12.1 Å². The zero-order chi connectivity index (χ0) is 12.3. The summed E-state index contributed by atoms with van der Waals surface area (Å²) in [5.41, 5.74) is -0.205. The third kappa shape index (κ3) is 4.18. The molecule has 0 saturated heterocycles. The van der Waals surface area contributed by atoms with E-state index >= 15 is 0 Å². The predicted molar refractivity (Wildman–Crippen MR) is 66.0 cm³/mol. The molecule has 0 bridgehead atoms. The second-order valence-corrected chi connectivity index (χ2v) is 5.37. The van der Waals surface area contributed by atoms with Crippen LogP contribution in [0.15, 0.2) is 22.7 Å². The van der Waals surface area contributed by atoms with Crippen LogP contribution in [0.4, 0.5) is 14.9 Å². The van der Waals surface area contributed by atoms with Gasteiger partial charge in [0.25, 0.3) is 0 Å². The summed E-state index contributed by atoms with van der Waals surface area (Å²) >= 11 is 3.21. The molecule has 1 aromatic rings. The van der Waals surface area contributed by atoms with Crippen molar-refractivity contribution in [3.05, 3.63) is 28.5 Å². The molecule has 1 rings (SSSR count). The number of rotatable bonds is 1. The topological polar surface area (TPSA) is 41.1 Å². The molecule has 0 unspecified atom stereocenters. The van der Waals surface area contributed by atoms with E-state index in [2.05, 4.69) is 26.6 Å². The van der Waals surface area contributed by atoms with Crippen molar-refractivity contribution in [2.75, 3.05) is 5.32 Å². The largest absolute Gasteiger partial charge is 0.333 e. The van der Waals surface area contributed by atoms with Crippen LogP contribution in [0.2, 0.25) is 0 Å². The van der Waals surface area contributed by atoms with Gasteiger partial charge in [0.15, 0.2) is 0 Å². The molecule has 0 fully saturated rings. The van der Waals surface area contributed by atoms with Gasteiger partial charge in [-0.25, -0.2) is 9.18 Å². The molecule has 2 amide bonds. The molecule has 0 aromatic heterocycles. The van der Waals surface area contributed by atoms with Gasteiger partial charge in [0, 0.05) is 10.0 Å². The number of hydrogen-bond donors (Lipinski definition) is 2. The summed E-state index contributed by atoms with van der Waals surface area (Å²) in [6.45, 7) is 5.55. The van der Waals surface area contributed by atoms with Crippen molar-refractivity contribution in [3.8, 4) is 0 Å². The summed E-state index contributed by atoms with van der Waals surface area (Å²) in [5.74, 6) is -0.466. The van der Waals surface area contributed by atoms with Crippen LogP contribution in [0.1, 0.15) is 20.8 Å². The lowest BCUT2D eigenvalue weighted by Crippen LogP contribution is -2.43. The number of anilines is 1. The van der Waals surface area contributed by atoms with E-state index in [0.717, 1.165) is 0 Å². The van der Waals surface area contributed by atoms with Gasteiger partial charge in [-0.3, -0.25) is 0 Å². The molecule has 0 saturated carbocycles. The fourth-order valence-corrected chi connectivity index (χ4v) is 1.45. The first-order valence-corrected chi connectivity index (χ1v) is 5.61. The normalized spacial score (nSPS) is 11.1. The number of amides is 2. The molecule has 0 aliphatic carbocycles. The maximum atomic E-state index is 13.3. The molecule has 0 radical (unpaired) electrons. The molecule has 1 aromatic carbocycles. The summed E-state index contributed by atoms with van der Waals surface area (Å²) in [7, 11) is 0. The van der Waals surface area contributed by atoms with E-state index in [4.69, 9.17) is 0 Å². The van der Waals surface area contributed by atoms with E-state index in [1.807, 2.05) is 20.8 Å². The molecule has 0 aliphatic rings. The van der Waals surface area contributed by atoms with Gasteiger partial charge in [-0.15, -0.1) is 0 Å². The number of hydrogen-bond acceptors (Lipinski definition) is 1. The van der Waals surface area contributed by atoms with Crippen molar-refractivity contribution in [2.24, 2.45) is 0 Å². The van der Waals surface area contributed by atoms with E-state index < -0.39 is 11.8 Å². The zero-order valence-corrected chi connectivity index (χ0v) is 11.0. The quantitative estimate of drug-likeness (QED) is 0.816. The van der Waals surface area contributed by atoms with Gasteiger partial charge in [0.2, 0.25) is 0 Å². The van der Waals surface area contributed by atoms with Crippen LogP contribution in [0, 0.1) is 5.82 Å². The Balaban J connectivity index is 2.73. The Morgan fingerprint density at radius 2 is 2.00 bits per heavy atom. The Labute approximate surface area is 103 Å². The minimum absolute atomic E-state index is 0.149. The van der Waals surface area contributed by atoms with Crippen LogP contribution in [-0.2, 0) is 0 Å². The van der Waals surface area contributed by atoms with Gasteiger partial charge in [-0.1, -0.05) is 15.9 Å². The van der Waals surface area contributed by atoms with Crippen molar-refractivity contribution >= 4 is 27.6 Å². The molecule has 88 valence electrons. The van der Waals surface area contributed by atoms with Gasteiger partial charge in [0.05, 0.1) is 5.69 Å². The van der Waals surface area contributed by atoms with Crippen molar-refractivity contribution in [1.82, 2.24) is 5.32 Å². The average molecular weight is 289 g/mol. The fourth-order valence-electron chi connectivity index (χ4n) is 1.09. The van der Waals surface area contributed by atoms with Crippen molar-refractivity contribution in [2.45, 2.75) is 26.3 Å². The maximum Gasteiger partial charge on any atom is 0.319 e. The van der Waals surface area contributed by atoms with Crippen LogP contribution < -0.4 is 10.6 Å². The summed E-state index contributed by atoms with van der Waals surface area (Å²) in [4.78, 5) is 11.5. The van der Waals surface area contributed by atoms with E-state index in [9.17, 15) is 9.18 Å². The van der Waals surface area contributed by atoms with Crippen LogP contribution in [0.5, 0.6) is 0 Å². The molecular weight excluding hydrogens is 275 g/mol. The molecule has 0 aliphatic heterocycles. The molecule has 3 nitrogen and oxygen atoms in total. The average Bonchev–Trinajstić information content (AvgIpc) is 2.08. The highest BCUT2D eigenvalue weighted by Crippen LogP contribution is 2.19. The lowest BCUT2D eigenvalue weighted by atomic mass is 10.1. The lowest BCUT2D eigenvalue weighted by Gasteiger charge is -2.20. The standard InChI is InChI=1S/C11H14BrFN2O/c1-11(2,3)15-10(16)14-9-6-7(12)4-5-8(9)13/h4-6H,1-3H3,(H2,14,15,16). The predicted octanol–water partition coefficient (Wildman–Crippen LogP) is 3.51. The zero-order valence-electron chi connectivity index (χ0n) is 9.40. The third-order valence-electron chi connectivity index (χ3n) is 1.67. The first-order chi connectivity index (χ1) is 7.28. The summed E-state index contributed by atoms with van der Waals surface area (Å²) in [6, 6.07) is 3.95. The van der Waals surface area contributed by atoms with Crippen LogP contribution in [0.25, 0.3) is 0 Å². The van der Waals surface area contributed by atoms with Gasteiger partial charge in [-0.2, -0.15) is 0 Å². The molecule has 16 heavy (non-hydrogen) atoms. The van der Waals surface area contributed by atoms with Crippen LogP contribution in [-0.4, -0.2) is 11.6 Å². The number of halogens is 2. The van der Waals surface area contributed by atoms with Crippen LogP contribution in [0.3, 0.4) is 0 Å². The fraction of sp³-hybridized carbons (Fsp3) is 0.364. The summed E-state index contributed by atoms with van der Waals surface area (Å²) in [5, 5.41) is 5.13. The van der Waals surface area contributed by atoms with Gasteiger partial charge < -0.3 is 10.6 Å². The lowest BCUT2D eigenvalue weighted by molar-refractivity contribution is 0.243. The number of urea groups is 1. The highest BCUT2D eigenvalue weighted by atomic mass is 79.9. The maximum absolute atomic E-state index is 13.3.